The zero-order valence-corrected chi connectivity index (χ0v) is 13.1. The van der Waals surface area contributed by atoms with Crippen LogP contribution in [0.3, 0.4) is 0 Å². The number of aliphatic carboxylic acids is 1. The van der Waals surface area contributed by atoms with E-state index in [1.807, 2.05) is 42.5 Å². The van der Waals surface area contributed by atoms with Crippen molar-refractivity contribution in [2.45, 2.75) is 12.6 Å². The molecule has 0 aromatic heterocycles. The molecule has 5 nitrogen and oxygen atoms in total. The summed E-state index contributed by atoms with van der Waals surface area (Å²) in [5.41, 5.74) is 1.73. The maximum Gasteiger partial charge on any atom is 0.325 e. The molecule has 0 radical (unpaired) electrons. The Hall–Kier alpha value is -2.37. The van der Waals surface area contributed by atoms with Gasteiger partial charge in [-0.05, 0) is 23.3 Å². The maximum atomic E-state index is 11.4. The summed E-state index contributed by atoms with van der Waals surface area (Å²) in [6.07, 6.45) is 0. The number of carbonyl (C=O) groups is 1. The van der Waals surface area contributed by atoms with E-state index in [1.165, 1.54) is 0 Å². The summed E-state index contributed by atoms with van der Waals surface area (Å²) in [5, 5.41) is 12.4. The van der Waals surface area contributed by atoms with Crippen LogP contribution in [-0.4, -0.2) is 31.4 Å². The molecular weight excluding hydrogens is 294 g/mol. The third kappa shape index (κ3) is 5.39. The van der Waals surface area contributed by atoms with Gasteiger partial charge in [0.1, 0.15) is 18.4 Å². The molecule has 2 rings (SSSR count). The molecule has 2 aromatic rings. The fourth-order valence-electron chi connectivity index (χ4n) is 2.16. The van der Waals surface area contributed by atoms with Gasteiger partial charge in [-0.3, -0.25) is 10.1 Å². The monoisotopic (exact) mass is 315 g/mol. The largest absolute Gasteiger partial charge is 0.491 e. The molecule has 23 heavy (non-hydrogen) atoms. The summed E-state index contributed by atoms with van der Waals surface area (Å²) in [6, 6.07) is 16.0. The number of carboxylic acids is 1. The first-order chi connectivity index (χ1) is 11.2. The number of nitrogens with one attached hydrogen (secondary N) is 1. The van der Waals surface area contributed by atoms with Crippen molar-refractivity contribution in [3.63, 3.8) is 0 Å². The molecule has 0 amide bonds. The first kappa shape index (κ1) is 17.0. The molecule has 0 fully saturated rings. The molecule has 1 atom stereocenters. The van der Waals surface area contributed by atoms with Gasteiger partial charge < -0.3 is 14.6 Å². The molecule has 2 N–H and O–H groups in total. The van der Waals surface area contributed by atoms with E-state index in [1.54, 1.807) is 19.2 Å². The minimum atomic E-state index is -0.893. The third-order valence-electron chi connectivity index (χ3n) is 3.37. The molecule has 0 bridgehead atoms. The Balaban J connectivity index is 1.92. The second-order valence-corrected chi connectivity index (χ2v) is 5.05. The summed E-state index contributed by atoms with van der Waals surface area (Å²) in [7, 11) is 1.63. The number of hydrogen-bond donors (Lipinski definition) is 2. The Morgan fingerprint density at radius 1 is 1.09 bits per heavy atom. The normalized spacial score (nSPS) is 11.9. The van der Waals surface area contributed by atoms with Gasteiger partial charge in [-0.1, -0.05) is 42.5 Å². The predicted molar refractivity (Wildman–Crippen MR) is 87.5 cm³/mol. The van der Waals surface area contributed by atoms with Crippen molar-refractivity contribution < 1.29 is 19.4 Å². The van der Waals surface area contributed by atoms with E-state index in [0.29, 0.717) is 19.8 Å². The highest BCUT2D eigenvalue weighted by Gasteiger charge is 2.18. The molecule has 0 saturated heterocycles. The Morgan fingerprint density at radius 3 is 2.39 bits per heavy atom. The Kier molecular flexibility index (Phi) is 6.59. The molecule has 0 spiro atoms. The Labute approximate surface area is 135 Å². The summed E-state index contributed by atoms with van der Waals surface area (Å²) < 4.78 is 10.4. The zero-order chi connectivity index (χ0) is 16.5. The average molecular weight is 315 g/mol. The van der Waals surface area contributed by atoms with Gasteiger partial charge in [-0.2, -0.15) is 0 Å². The summed E-state index contributed by atoms with van der Waals surface area (Å²) in [6.45, 7) is 1.51. The van der Waals surface area contributed by atoms with Crippen molar-refractivity contribution in [2.24, 2.45) is 0 Å². The van der Waals surface area contributed by atoms with Gasteiger partial charge >= 0.3 is 5.97 Å². The smallest absolute Gasteiger partial charge is 0.325 e. The predicted octanol–water partition coefficient (Wildman–Crippen LogP) is 2.63. The number of ether oxygens (including phenoxy) is 2. The minimum Gasteiger partial charge on any atom is -0.491 e. The average Bonchev–Trinajstić information content (AvgIpc) is 2.57. The number of rotatable bonds is 9. The number of carboxylic acid groups (broad SMARTS) is 1. The van der Waals surface area contributed by atoms with Crippen LogP contribution in [0.15, 0.2) is 54.6 Å². The first-order valence-corrected chi connectivity index (χ1v) is 7.42. The lowest BCUT2D eigenvalue weighted by atomic mass is 10.1. The van der Waals surface area contributed by atoms with Crippen molar-refractivity contribution in [1.82, 2.24) is 5.32 Å². The van der Waals surface area contributed by atoms with Crippen molar-refractivity contribution >= 4 is 5.97 Å². The van der Waals surface area contributed by atoms with E-state index in [4.69, 9.17) is 9.47 Å². The van der Waals surface area contributed by atoms with Gasteiger partial charge in [-0.15, -0.1) is 0 Å². The van der Waals surface area contributed by atoms with Gasteiger partial charge in [-0.25, -0.2) is 0 Å². The van der Waals surface area contributed by atoms with Crippen molar-refractivity contribution in [1.29, 1.82) is 0 Å². The van der Waals surface area contributed by atoms with Crippen LogP contribution < -0.4 is 10.1 Å². The topological polar surface area (TPSA) is 67.8 Å². The van der Waals surface area contributed by atoms with E-state index in [-0.39, 0.29) is 0 Å². The fraction of sp³-hybridized carbons (Fsp3) is 0.278. The summed E-state index contributed by atoms with van der Waals surface area (Å²) >= 11 is 0. The Bertz CT molecular complexity index is 598. The molecule has 5 heteroatoms. The van der Waals surface area contributed by atoms with Crippen LogP contribution in [0.25, 0.3) is 0 Å². The van der Waals surface area contributed by atoms with E-state index in [2.05, 4.69) is 5.32 Å². The number of benzene rings is 2. The van der Waals surface area contributed by atoms with E-state index in [9.17, 15) is 9.90 Å². The van der Waals surface area contributed by atoms with Crippen molar-refractivity contribution in [2.75, 3.05) is 20.3 Å². The number of hydrogen-bond acceptors (Lipinski definition) is 4. The van der Waals surface area contributed by atoms with Gasteiger partial charge in [0.25, 0.3) is 0 Å². The van der Waals surface area contributed by atoms with Crippen LogP contribution in [0.4, 0.5) is 0 Å². The lowest BCUT2D eigenvalue weighted by Crippen LogP contribution is -2.28. The van der Waals surface area contributed by atoms with Crippen molar-refractivity contribution in [3.05, 3.63) is 65.7 Å². The van der Waals surface area contributed by atoms with Gasteiger partial charge in [0.15, 0.2) is 0 Å². The lowest BCUT2D eigenvalue weighted by Gasteiger charge is -2.15. The first-order valence-electron chi connectivity index (χ1n) is 7.42. The maximum absolute atomic E-state index is 11.4. The van der Waals surface area contributed by atoms with Crippen LogP contribution in [0, 0.1) is 0 Å². The van der Waals surface area contributed by atoms with Gasteiger partial charge in [0, 0.05) is 13.7 Å². The van der Waals surface area contributed by atoms with E-state index < -0.39 is 12.0 Å². The number of methoxy groups -OCH3 is 1. The molecule has 0 saturated carbocycles. The van der Waals surface area contributed by atoms with E-state index in [0.717, 1.165) is 16.9 Å². The minimum absolute atomic E-state index is 0.463. The molecule has 0 aliphatic rings. The summed E-state index contributed by atoms with van der Waals surface area (Å²) in [5.74, 6) is -0.126. The SMILES string of the molecule is COCCOc1ccc(CN[C@@H](C(=O)O)c2ccccc2)cc1. The van der Waals surface area contributed by atoms with E-state index >= 15 is 0 Å². The van der Waals surface area contributed by atoms with Crippen LogP contribution in [0.1, 0.15) is 17.2 Å². The van der Waals surface area contributed by atoms with Crippen molar-refractivity contribution in [3.8, 4) is 5.75 Å². The molecule has 0 aliphatic carbocycles. The van der Waals surface area contributed by atoms with Crippen LogP contribution in [0.5, 0.6) is 5.75 Å². The fourth-order valence-corrected chi connectivity index (χ4v) is 2.16. The highest BCUT2D eigenvalue weighted by Crippen LogP contribution is 2.16. The van der Waals surface area contributed by atoms with Gasteiger partial charge in [0.05, 0.1) is 6.61 Å². The molecule has 0 unspecified atom stereocenters. The highest BCUT2D eigenvalue weighted by atomic mass is 16.5. The standard InChI is InChI=1S/C18H21NO4/c1-22-11-12-23-16-9-7-14(8-10-16)13-19-17(18(20)21)15-5-3-2-4-6-15/h2-10,17,19H,11-13H2,1H3,(H,20,21)/t17-/m1/s1. The molecule has 0 aliphatic heterocycles. The molecular formula is C18H21NO4. The highest BCUT2D eigenvalue weighted by molar-refractivity contribution is 5.75. The summed E-state index contributed by atoms with van der Waals surface area (Å²) in [4.78, 5) is 11.4. The molecule has 122 valence electrons. The molecule has 2 aromatic carbocycles. The quantitative estimate of drug-likeness (QED) is 0.696. The second kappa shape index (κ2) is 8.92. The van der Waals surface area contributed by atoms with Crippen LogP contribution in [0.2, 0.25) is 0 Å². The van der Waals surface area contributed by atoms with Crippen LogP contribution in [-0.2, 0) is 16.1 Å². The molecule has 0 heterocycles. The van der Waals surface area contributed by atoms with Gasteiger partial charge in [0.2, 0.25) is 0 Å². The van der Waals surface area contributed by atoms with Crippen LogP contribution >= 0.6 is 0 Å². The second-order valence-electron chi connectivity index (χ2n) is 5.05. The zero-order valence-electron chi connectivity index (χ0n) is 13.1. The lowest BCUT2D eigenvalue weighted by molar-refractivity contribution is -0.139. The third-order valence-corrected chi connectivity index (χ3v) is 3.37. The Morgan fingerprint density at radius 2 is 1.78 bits per heavy atom.